The molecule has 0 saturated heterocycles. The van der Waals surface area contributed by atoms with Gasteiger partial charge < -0.3 is 18.4 Å². The van der Waals surface area contributed by atoms with Crippen molar-refractivity contribution in [3.63, 3.8) is 0 Å². The van der Waals surface area contributed by atoms with E-state index >= 15 is 0 Å². The van der Waals surface area contributed by atoms with Crippen molar-refractivity contribution in [3.8, 4) is 17.2 Å². The highest BCUT2D eigenvalue weighted by atomic mass is 32.3. The van der Waals surface area contributed by atoms with Gasteiger partial charge in [0.05, 0.1) is 19.8 Å². The molecule has 0 atom stereocenters. The van der Waals surface area contributed by atoms with E-state index in [2.05, 4.69) is 20.8 Å². The van der Waals surface area contributed by atoms with Crippen LogP contribution in [-0.2, 0) is 8.98 Å². The quantitative estimate of drug-likeness (QED) is 0.219. The summed E-state index contributed by atoms with van der Waals surface area (Å²) in [6.45, 7) is 10.0. The van der Waals surface area contributed by atoms with Crippen LogP contribution in [0.5, 0.6) is 17.2 Å². The van der Waals surface area contributed by atoms with Gasteiger partial charge in [0.25, 0.3) is 0 Å². The van der Waals surface area contributed by atoms with Crippen LogP contribution in [0.1, 0.15) is 53.4 Å². The van der Waals surface area contributed by atoms with Crippen molar-refractivity contribution in [2.75, 3.05) is 19.8 Å². The maximum Gasteiger partial charge on any atom is 0.316 e. The highest BCUT2D eigenvalue weighted by Crippen LogP contribution is 2.69. The zero-order valence-electron chi connectivity index (χ0n) is 21.8. The molecule has 194 valence electrons. The number of carbonyl (C=O) groups excluding carboxylic acids is 1. The lowest BCUT2D eigenvalue weighted by Crippen LogP contribution is -2.13. The normalized spacial score (nSPS) is 11.6. The second-order valence-corrected chi connectivity index (χ2v) is 11.0. The molecule has 0 heterocycles. The first kappa shape index (κ1) is 27.5. The van der Waals surface area contributed by atoms with Crippen LogP contribution in [0.15, 0.2) is 87.5 Å². The summed E-state index contributed by atoms with van der Waals surface area (Å²) in [4.78, 5) is 15.6. The molecule has 6 heteroatoms. The standard InChI is InChI=1S/C30H38O5S/c1-5-21-32-24-9-15-27(16-10-24)36(35-30(31)8-4,28-17-11-25(12-18-28)33-22-6-2)29-19-13-26(14-20-29)34-23-7-3/h9-20H,5-8,21-23H2,1-4H3. The van der Waals surface area contributed by atoms with Crippen molar-refractivity contribution in [1.82, 2.24) is 0 Å². The number of carbonyl (C=O) groups is 1. The van der Waals surface area contributed by atoms with Crippen molar-refractivity contribution in [2.24, 2.45) is 0 Å². The number of rotatable bonds is 14. The van der Waals surface area contributed by atoms with Gasteiger partial charge in [-0.15, -0.1) is 0 Å². The third-order valence-electron chi connectivity index (χ3n) is 5.39. The summed E-state index contributed by atoms with van der Waals surface area (Å²) in [6.07, 6.45) is 3.08. The molecule has 3 aromatic carbocycles. The van der Waals surface area contributed by atoms with Crippen LogP contribution in [0.4, 0.5) is 0 Å². The largest absolute Gasteiger partial charge is 0.494 e. The maximum atomic E-state index is 12.9. The minimum absolute atomic E-state index is 0.256. The monoisotopic (exact) mass is 510 g/mol. The number of hydrogen-bond acceptors (Lipinski definition) is 5. The van der Waals surface area contributed by atoms with Crippen molar-refractivity contribution in [1.29, 1.82) is 0 Å². The molecule has 0 aliphatic rings. The third-order valence-corrected chi connectivity index (χ3v) is 8.64. The molecule has 0 fully saturated rings. The lowest BCUT2D eigenvalue weighted by Gasteiger charge is -2.40. The Bertz CT molecular complexity index is 937. The minimum Gasteiger partial charge on any atom is -0.494 e. The molecule has 0 unspecified atom stereocenters. The molecule has 0 amide bonds. The Morgan fingerprint density at radius 2 is 0.861 bits per heavy atom. The predicted molar refractivity (Wildman–Crippen MR) is 145 cm³/mol. The van der Waals surface area contributed by atoms with E-state index < -0.39 is 10.3 Å². The molecule has 0 N–H and O–H groups in total. The van der Waals surface area contributed by atoms with Gasteiger partial charge in [-0.2, -0.15) is 0 Å². The van der Waals surface area contributed by atoms with Gasteiger partial charge in [-0.1, -0.05) is 27.7 Å². The van der Waals surface area contributed by atoms with Crippen LogP contribution in [0.25, 0.3) is 0 Å². The Balaban J connectivity index is 2.15. The van der Waals surface area contributed by atoms with Crippen molar-refractivity contribution in [2.45, 2.75) is 68.1 Å². The first-order valence-corrected chi connectivity index (χ1v) is 14.4. The van der Waals surface area contributed by atoms with Gasteiger partial charge in [-0.3, -0.25) is 4.79 Å². The summed E-state index contributed by atoms with van der Waals surface area (Å²) in [5, 5.41) is 0. The van der Waals surface area contributed by atoms with Crippen LogP contribution < -0.4 is 14.2 Å². The van der Waals surface area contributed by atoms with Gasteiger partial charge >= 0.3 is 5.97 Å². The molecule has 3 aromatic rings. The Labute approximate surface area is 217 Å². The van der Waals surface area contributed by atoms with Gasteiger partial charge in [0.1, 0.15) is 17.2 Å². The average Bonchev–Trinajstić information content (AvgIpc) is 2.93. The zero-order valence-corrected chi connectivity index (χ0v) is 22.6. The molecule has 0 aliphatic carbocycles. The number of hydrogen-bond donors (Lipinski definition) is 0. The summed E-state index contributed by atoms with van der Waals surface area (Å²) in [6, 6.07) is 23.7. The molecule has 5 nitrogen and oxygen atoms in total. The van der Waals surface area contributed by atoms with E-state index in [4.69, 9.17) is 18.4 Å². The molecule has 0 aliphatic heterocycles. The molecule has 36 heavy (non-hydrogen) atoms. The van der Waals surface area contributed by atoms with Gasteiger partial charge in [0, 0.05) is 21.1 Å². The summed E-state index contributed by atoms with van der Waals surface area (Å²) in [5.74, 6) is 2.13. The van der Waals surface area contributed by atoms with Crippen LogP contribution in [0.3, 0.4) is 0 Å². The zero-order chi connectivity index (χ0) is 25.8. The predicted octanol–water partition coefficient (Wildman–Crippen LogP) is 8.20. The number of benzene rings is 3. The summed E-state index contributed by atoms with van der Waals surface area (Å²) in [5.41, 5.74) is 0. The van der Waals surface area contributed by atoms with E-state index in [1.807, 2.05) is 79.7 Å². The first-order chi connectivity index (χ1) is 17.6. The van der Waals surface area contributed by atoms with Crippen LogP contribution in [0.2, 0.25) is 0 Å². The van der Waals surface area contributed by atoms with E-state index in [0.717, 1.165) is 51.2 Å². The minimum atomic E-state index is -2.37. The Hall–Kier alpha value is -3.12. The second kappa shape index (κ2) is 13.8. The molecule has 3 rings (SSSR count). The molecule has 0 aromatic heterocycles. The van der Waals surface area contributed by atoms with Gasteiger partial charge in [-0.25, -0.2) is 0 Å². The highest BCUT2D eigenvalue weighted by Gasteiger charge is 2.35. The molecule has 0 radical (unpaired) electrons. The second-order valence-electron chi connectivity index (χ2n) is 8.32. The fraction of sp³-hybridized carbons (Fsp3) is 0.367. The number of ether oxygens (including phenoxy) is 3. The Kier molecular flexibility index (Phi) is 10.6. The van der Waals surface area contributed by atoms with Crippen molar-refractivity contribution < 1.29 is 23.2 Å². The summed E-state index contributed by atoms with van der Waals surface area (Å²) < 4.78 is 23.9. The van der Waals surface area contributed by atoms with E-state index in [1.54, 1.807) is 0 Å². The van der Waals surface area contributed by atoms with Crippen molar-refractivity contribution in [3.05, 3.63) is 72.8 Å². The molecule has 0 spiro atoms. The fourth-order valence-electron chi connectivity index (χ4n) is 3.59. The van der Waals surface area contributed by atoms with Crippen LogP contribution in [0, 0.1) is 0 Å². The van der Waals surface area contributed by atoms with Gasteiger partial charge in [0.2, 0.25) is 0 Å². The van der Waals surface area contributed by atoms with E-state index in [9.17, 15) is 4.79 Å². The Morgan fingerprint density at radius 1 is 0.556 bits per heavy atom. The van der Waals surface area contributed by atoms with Gasteiger partial charge in [0.15, 0.2) is 0 Å². The summed E-state index contributed by atoms with van der Waals surface area (Å²) in [7, 11) is -2.37. The molecular weight excluding hydrogens is 472 g/mol. The Morgan fingerprint density at radius 3 is 1.11 bits per heavy atom. The first-order valence-electron chi connectivity index (χ1n) is 12.8. The van der Waals surface area contributed by atoms with Crippen LogP contribution in [-0.4, -0.2) is 25.8 Å². The fourth-order valence-corrected chi connectivity index (χ4v) is 6.65. The van der Waals surface area contributed by atoms with E-state index in [0.29, 0.717) is 19.8 Å². The SMILES string of the molecule is CCCOc1ccc(S(OC(=O)CC)(c2ccc(OCCC)cc2)c2ccc(OCCC)cc2)cc1. The van der Waals surface area contributed by atoms with Gasteiger partial charge in [-0.05, 0) is 102 Å². The average molecular weight is 511 g/mol. The summed E-state index contributed by atoms with van der Waals surface area (Å²) >= 11 is 0. The molecule has 0 saturated carbocycles. The van der Waals surface area contributed by atoms with E-state index in [-0.39, 0.29) is 12.4 Å². The lowest BCUT2D eigenvalue weighted by atomic mass is 10.3. The van der Waals surface area contributed by atoms with Crippen molar-refractivity contribution >= 4 is 16.3 Å². The lowest BCUT2D eigenvalue weighted by molar-refractivity contribution is -0.133. The smallest absolute Gasteiger partial charge is 0.316 e. The molecule has 0 bridgehead atoms. The molecular formula is C30H38O5S. The maximum absolute atomic E-state index is 12.9. The topological polar surface area (TPSA) is 54.0 Å². The van der Waals surface area contributed by atoms with Crippen LogP contribution >= 0.6 is 10.3 Å². The van der Waals surface area contributed by atoms with E-state index in [1.165, 1.54) is 0 Å². The highest BCUT2D eigenvalue weighted by molar-refractivity contribution is 8.30. The third kappa shape index (κ3) is 6.76.